The molecule has 0 radical (unpaired) electrons. The Morgan fingerprint density at radius 2 is 1.84 bits per heavy atom. The van der Waals surface area contributed by atoms with Gasteiger partial charge in [0.1, 0.15) is 0 Å². The zero-order chi connectivity index (χ0) is 13.8. The summed E-state index contributed by atoms with van der Waals surface area (Å²) in [5.41, 5.74) is 3.81. The fourth-order valence-corrected chi connectivity index (χ4v) is 2.05. The van der Waals surface area contributed by atoms with E-state index in [1.807, 2.05) is 0 Å². The van der Waals surface area contributed by atoms with Crippen LogP contribution < -0.4 is 5.32 Å². The van der Waals surface area contributed by atoms with E-state index >= 15 is 0 Å². The van der Waals surface area contributed by atoms with Crippen LogP contribution >= 0.6 is 11.6 Å². The van der Waals surface area contributed by atoms with Crippen LogP contribution in [0, 0.1) is 18.3 Å². The minimum Gasteiger partial charge on any atom is -0.377 e. The molecule has 0 amide bonds. The number of rotatable bonds is 3. The number of anilines is 1. The Labute approximate surface area is 118 Å². The van der Waals surface area contributed by atoms with E-state index in [0.29, 0.717) is 10.6 Å². The van der Waals surface area contributed by atoms with Crippen LogP contribution in [0.4, 0.5) is 5.69 Å². The van der Waals surface area contributed by atoms with Gasteiger partial charge >= 0.3 is 0 Å². The second kappa shape index (κ2) is 5.77. The molecule has 0 spiro atoms. The molecule has 0 saturated heterocycles. The Hall–Kier alpha value is -1.98. The lowest BCUT2D eigenvalue weighted by molar-refractivity contribution is 0.884. The maximum absolute atomic E-state index is 8.91. The van der Waals surface area contributed by atoms with E-state index < -0.39 is 0 Å². The zero-order valence-electron chi connectivity index (χ0n) is 10.9. The van der Waals surface area contributed by atoms with Gasteiger partial charge in [0.2, 0.25) is 0 Å². The molecule has 0 aliphatic carbocycles. The highest BCUT2D eigenvalue weighted by molar-refractivity contribution is 6.33. The smallest absolute Gasteiger partial charge is 0.0992 e. The average molecular weight is 271 g/mol. The third kappa shape index (κ3) is 3.27. The number of nitriles is 1. The average Bonchev–Trinajstić information content (AvgIpc) is 2.42. The van der Waals surface area contributed by atoms with Crippen LogP contribution in [0.1, 0.15) is 29.7 Å². The van der Waals surface area contributed by atoms with Crippen LogP contribution in [0.2, 0.25) is 5.02 Å². The summed E-state index contributed by atoms with van der Waals surface area (Å²) in [6.07, 6.45) is 0. The van der Waals surface area contributed by atoms with Crippen molar-refractivity contribution in [3.8, 4) is 6.07 Å². The first-order valence-corrected chi connectivity index (χ1v) is 6.50. The van der Waals surface area contributed by atoms with Crippen molar-refractivity contribution < 1.29 is 0 Å². The molecule has 1 atom stereocenters. The van der Waals surface area contributed by atoms with E-state index in [-0.39, 0.29) is 6.04 Å². The Morgan fingerprint density at radius 1 is 1.16 bits per heavy atom. The summed E-state index contributed by atoms with van der Waals surface area (Å²) in [5, 5.41) is 12.9. The molecule has 19 heavy (non-hydrogen) atoms. The lowest BCUT2D eigenvalue weighted by Gasteiger charge is -2.17. The molecule has 0 aliphatic rings. The van der Waals surface area contributed by atoms with E-state index in [1.165, 1.54) is 11.1 Å². The van der Waals surface area contributed by atoms with Gasteiger partial charge < -0.3 is 5.32 Å². The predicted molar refractivity (Wildman–Crippen MR) is 79.4 cm³/mol. The van der Waals surface area contributed by atoms with E-state index in [1.54, 1.807) is 18.2 Å². The second-order valence-electron chi connectivity index (χ2n) is 4.58. The van der Waals surface area contributed by atoms with Gasteiger partial charge in [0.25, 0.3) is 0 Å². The van der Waals surface area contributed by atoms with Crippen molar-refractivity contribution in [3.05, 3.63) is 64.2 Å². The molecular formula is C16H15ClN2. The first kappa shape index (κ1) is 13.5. The Morgan fingerprint density at radius 3 is 2.47 bits per heavy atom. The number of benzene rings is 2. The molecule has 0 heterocycles. The molecule has 96 valence electrons. The minimum atomic E-state index is 0.132. The van der Waals surface area contributed by atoms with Crippen molar-refractivity contribution in [2.45, 2.75) is 19.9 Å². The fourth-order valence-electron chi connectivity index (χ4n) is 1.88. The minimum absolute atomic E-state index is 0.132. The summed E-state index contributed by atoms with van der Waals surface area (Å²) in [4.78, 5) is 0. The summed E-state index contributed by atoms with van der Waals surface area (Å²) >= 11 is 6.14. The summed E-state index contributed by atoms with van der Waals surface area (Å²) in [6, 6.07) is 15.8. The first-order valence-electron chi connectivity index (χ1n) is 6.13. The maximum Gasteiger partial charge on any atom is 0.0992 e. The summed E-state index contributed by atoms with van der Waals surface area (Å²) in [6.45, 7) is 4.13. The van der Waals surface area contributed by atoms with Crippen LogP contribution in [0.3, 0.4) is 0 Å². The topological polar surface area (TPSA) is 35.8 Å². The Balaban J connectivity index is 2.21. The quantitative estimate of drug-likeness (QED) is 0.878. The van der Waals surface area contributed by atoms with Gasteiger partial charge in [-0.25, -0.2) is 0 Å². The van der Waals surface area contributed by atoms with Crippen molar-refractivity contribution in [1.82, 2.24) is 0 Å². The summed E-state index contributed by atoms with van der Waals surface area (Å²) in [5.74, 6) is 0. The molecule has 2 rings (SSSR count). The SMILES string of the molecule is Cc1ccc(C(C)Nc2cc(C#N)ccc2Cl)cc1. The highest BCUT2D eigenvalue weighted by Crippen LogP contribution is 2.27. The largest absolute Gasteiger partial charge is 0.377 e. The molecule has 0 aliphatic heterocycles. The lowest BCUT2D eigenvalue weighted by Crippen LogP contribution is -2.07. The molecule has 2 nitrogen and oxygen atoms in total. The molecule has 2 aromatic carbocycles. The first-order chi connectivity index (χ1) is 9.10. The highest BCUT2D eigenvalue weighted by Gasteiger charge is 2.08. The maximum atomic E-state index is 8.91. The van der Waals surface area contributed by atoms with Gasteiger partial charge in [-0.1, -0.05) is 41.4 Å². The van der Waals surface area contributed by atoms with Gasteiger partial charge in [0.05, 0.1) is 22.3 Å². The summed E-state index contributed by atoms with van der Waals surface area (Å²) < 4.78 is 0. The van der Waals surface area contributed by atoms with Gasteiger partial charge in [-0.2, -0.15) is 5.26 Å². The highest BCUT2D eigenvalue weighted by atomic mass is 35.5. The standard InChI is InChI=1S/C16H15ClN2/c1-11-3-6-14(7-4-11)12(2)19-16-9-13(10-18)5-8-15(16)17/h3-9,12,19H,1-2H3. The lowest BCUT2D eigenvalue weighted by atomic mass is 10.1. The molecule has 1 unspecified atom stereocenters. The van der Waals surface area contributed by atoms with Gasteiger partial charge in [-0.05, 0) is 37.6 Å². The van der Waals surface area contributed by atoms with E-state index in [2.05, 4.69) is 49.5 Å². The molecule has 0 saturated carbocycles. The number of nitrogens with one attached hydrogen (secondary N) is 1. The molecule has 1 N–H and O–H groups in total. The van der Waals surface area contributed by atoms with Crippen molar-refractivity contribution in [3.63, 3.8) is 0 Å². The normalized spacial score (nSPS) is 11.7. The van der Waals surface area contributed by atoms with Crippen LogP contribution in [-0.2, 0) is 0 Å². The molecule has 2 aromatic rings. The van der Waals surface area contributed by atoms with Crippen molar-refractivity contribution in [1.29, 1.82) is 5.26 Å². The monoisotopic (exact) mass is 270 g/mol. The third-order valence-corrected chi connectivity index (χ3v) is 3.37. The van der Waals surface area contributed by atoms with Crippen LogP contribution in [-0.4, -0.2) is 0 Å². The fraction of sp³-hybridized carbons (Fsp3) is 0.188. The zero-order valence-corrected chi connectivity index (χ0v) is 11.7. The molecular weight excluding hydrogens is 256 g/mol. The number of hydrogen-bond acceptors (Lipinski definition) is 2. The predicted octanol–water partition coefficient (Wildman–Crippen LogP) is 4.69. The van der Waals surface area contributed by atoms with Gasteiger partial charge in [0.15, 0.2) is 0 Å². The van der Waals surface area contributed by atoms with Crippen molar-refractivity contribution >= 4 is 17.3 Å². The molecule has 3 heteroatoms. The van der Waals surface area contributed by atoms with Gasteiger partial charge in [-0.3, -0.25) is 0 Å². The van der Waals surface area contributed by atoms with E-state index in [0.717, 1.165) is 5.69 Å². The second-order valence-corrected chi connectivity index (χ2v) is 4.99. The molecule has 0 bridgehead atoms. The molecule has 0 fully saturated rings. The van der Waals surface area contributed by atoms with E-state index in [4.69, 9.17) is 16.9 Å². The Kier molecular flexibility index (Phi) is 4.09. The van der Waals surface area contributed by atoms with E-state index in [9.17, 15) is 0 Å². The van der Waals surface area contributed by atoms with Crippen molar-refractivity contribution in [2.75, 3.05) is 5.32 Å². The van der Waals surface area contributed by atoms with Crippen molar-refractivity contribution in [2.24, 2.45) is 0 Å². The van der Waals surface area contributed by atoms with Gasteiger partial charge in [-0.15, -0.1) is 0 Å². The number of halogens is 1. The Bertz CT molecular complexity index is 612. The van der Waals surface area contributed by atoms with Crippen LogP contribution in [0.15, 0.2) is 42.5 Å². The number of hydrogen-bond donors (Lipinski definition) is 1. The van der Waals surface area contributed by atoms with Gasteiger partial charge in [0, 0.05) is 6.04 Å². The molecule has 0 aromatic heterocycles. The number of nitrogens with zero attached hydrogens (tertiary/aromatic N) is 1. The number of aryl methyl sites for hydroxylation is 1. The van der Waals surface area contributed by atoms with Crippen LogP contribution in [0.25, 0.3) is 0 Å². The summed E-state index contributed by atoms with van der Waals surface area (Å²) in [7, 11) is 0. The van der Waals surface area contributed by atoms with Crippen LogP contribution in [0.5, 0.6) is 0 Å². The third-order valence-electron chi connectivity index (χ3n) is 3.04.